The average Bonchev–Trinajstić information content (AvgIpc) is 3.21. The van der Waals surface area contributed by atoms with Gasteiger partial charge >= 0.3 is 0 Å². The van der Waals surface area contributed by atoms with Gasteiger partial charge in [-0.05, 0) is 26.0 Å². The van der Waals surface area contributed by atoms with Crippen molar-refractivity contribution in [1.29, 1.82) is 0 Å². The van der Waals surface area contributed by atoms with Crippen LogP contribution in [-0.2, 0) is 10.7 Å². The van der Waals surface area contributed by atoms with E-state index in [9.17, 15) is 17.6 Å². The van der Waals surface area contributed by atoms with E-state index in [1.807, 2.05) is 4.90 Å². The van der Waals surface area contributed by atoms with Gasteiger partial charge in [-0.1, -0.05) is 12.1 Å². The molecule has 0 saturated carbocycles. The first-order valence-electron chi connectivity index (χ1n) is 10.7. The van der Waals surface area contributed by atoms with Gasteiger partial charge in [0.2, 0.25) is 0 Å². The summed E-state index contributed by atoms with van der Waals surface area (Å²) < 4.78 is 62.2. The molecule has 0 radical (unpaired) electrons. The number of fused-ring (bicyclic) bond motifs is 1. The highest BCUT2D eigenvalue weighted by atomic mass is 19.3. The summed E-state index contributed by atoms with van der Waals surface area (Å²) in [6, 6.07) is 4.66. The summed E-state index contributed by atoms with van der Waals surface area (Å²) in [6.07, 6.45) is -0.0596. The van der Waals surface area contributed by atoms with E-state index >= 15 is 0 Å². The molecule has 182 valence electrons. The Labute approximate surface area is 193 Å². The third-order valence-electron chi connectivity index (χ3n) is 6.08. The zero-order valence-electron chi connectivity index (χ0n) is 18.9. The standard InChI is InChI=1S/C23H25F4N5O2/c1-12(15-5-4-6-17(20(15)25)23(26,27)11-33)29-22-16-7-14(8-28-21(16)13(2)30-31-22)32-9-18(24)19(10-32)34-3/h4-8,12,18-19,33H,9-11H2,1-3H3,(H,29,31)/t12-,18?,19?/m1/s1. The molecule has 1 saturated heterocycles. The van der Waals surface area contributed by atoms with Crippen LogP contribution in [0.3, 0.4) is 0 Å². The minimum atomic E-state index is -3.71. The van der Waals surface area contributed by atoms with Crippen LogP contribution in [0.15, 0.2) is 30.5 Å². The number of methoxy groups -OCH3 is 1. The number of ether oxygens (including phenoxy) is 1. The van der Waals surface area contributed by atoms with E-state index in [0.717, 1.165) is 6.07 Å². The van der Waals surface area contributed by atoms with E-state index in [4.69, 9.17) is 9.84 Å². The Morgan fingerprint density at radius 1 is 1.29 bits per heavy atom. The molecule has 3 heterocycles. The molecule has 7 nitrogen and oxygen atoms in total. The van der Waals surface area contributed by atoms with Crippen molar-refractivity contribution >= 4 is 22.4 Å². The first-order chi connectivity index (χ1) is 16.2. The lowest BCUT2D eigenvalue weighted by Crippen LogP contribution is -2.23. The zero-order valence-corrected chi connectivity index (χ0v) is 18.9. The summed E-state index contributed by atoms with van der Waals surface area (Å²) >= 11 is 0. The van der Waals surface area contributed by atoms with Crippen LogP contribution in [-0.4, -0.2) is 59.4 Å². The maximum atomic E-state index is 14.9. The molecule has 1 aromatic carbocycles. The zero-order chi connectivity index (χ0) is 24.6. The lowest BCUT2D eigenvalue weighted by atomic mass is 10.00. The molecular weight excluding hydrogens is 454 g/mol. The van der Waals surface area contributed by atoms with Crippen molar-refractivity contribution in [2.24, 2.45) is 0 Å². The Balaban J connectivity index is 1.69. The average molecular weight is 479 g/mol. The summed E-state index contributed by atoms with van der Waals surface area (Å²) in [4.78, 5) is 6.28. The quantitative estimate of drug-likeness (QED) is 0.498. The number of halogens is 4. The molecule has 3 aromatic rings. The van der Waals surface area contributed by atoms with Crippen LogP contribution in [0.2, 0.25) is 0 Å². The minimum absolute atomic E-state index is 0.0204. The highest BCUT2D eigenvalue weighted by molar-refractivity contribution is 5.92. The van der Waals surface area contributed by atoms with E-state index in [-0.39, 0.29) is 17.9 Å². The number of aliphatic hydroxyl groups excluding tert-OH is 1. The van der Waals surface area contributed by atoms with Crippen LogP contribution in [0.4, 0.5) is 29.1 Å². The number of benzene rings is 1. The molecule has 2 N–H and O–H groups in total. The summed E-state index contributed by atoms with van der Waals surface area (Å²) in [5.74, 6) is -4.54. The molecule has 1 fully saturated rings. The fourth-order valence-electron chi connectivity index (χ4n) is 4.13. The molecule has 0 aliphatic carbocycles. The number of nitrogens with one attached hydrogen (secondary N) is 1. The van der Waals surface area contributed by atoms with E-state index in [0.29, 0.717) is 28.8 Å². The van der Waals surface area contributed by atoms with Crippen molar-refractivity contribution in [3.8, 4) is 0 Å². The Bertz CT molecular complexity index is 1200. The highest BCUT2D eigenvalue weighted by Gasteiger charge is 2.35. The van der Waals surface area contributed by atoms with Gasteiger partial charge in [0.15, 0.2) is 5.82 Å². The van der Waals surface area contributed by atoms with Gasteiger partial charge in [0.05, 0.1) is 41.2 Å². The molecule has 11 heteroatoms. The van der Waals surface area contributed by atoms with Crippen molar-refractivity contribution in [2.45, 2.75) is 38.1 Å². The topological polar surface area (TPSA) is 83.4 Å². The van der Waals surface area contributed by atoms with Crippen molar-refractivity contribution in [3.63, 3.8) is 0 Å². The highest BCUT2D eigenvalue weighted by Crippen LogP contribution is 2.34. The first kappa shape index (κ1) is 24.1. The molecule has 0 spiro atoms. The second-order valence-electron chi connectivity index (χ2n) is 8.36. The van der Waals surface area contributed by atoms with Crippen molar-refractivity contribution in [1.82, 2.24) is 15.2 Å². The van der Waals surface area contributed by atoms with Crippen molar-refractivity contribution in [2.75, 3.05) is 37.0 Å². The van der Waals surface area contributed by atoms with Crippen molar-refractivity contribution in [3.05, 3.63) is 53.1 Å². The molecule has 2 aromatic heterocycles. The lowest BCUT2D eigenvalue weighted by molar-refractivity contribution is -0.0583. The molecule has 0 amide bonds. The Kier molecular flexibility index (Phi) is 6.59. The normalized spacial score (nSPS) is 19.6. The van der Waals surface area contributed by atoms with Crippen molar-refractivity contribution < 1.29 is 27.4 Å². The summed E-state index contributed by atoms with van der Waals surface area (Å²) in [5.41, 5.74) is 0.873. The van der Waals surface area contributed by atoms with Gasteiger partial charge in [-0.15, -0.1) is 5.10 Å². The molecule has 2 unspecified atom stereocenters. The molecule has 4 rings (SSSR count). The van der Waals surface area contributed by atoms with Gasteiger partial charge in [-0.3, -0.25) is 4.98 Å². The Hall–Kier alpha value is -3.05. The molecule has 1 aliphatic rings. The number of pyridine rings is 1. The fourth-order valence-corrected chi connectivity index (χ4v) is 4.13. The van der Waals surface area contributed by atoms with E-state index in [2.05, 4.69) is 20.5 Å². The van der Waals surface area contributed by atoms with Gasteiger partial charge in [0.25, 0.3) is 5.92 Å². The maximum absolute atomic E-state index is 14.9. The fraction of sp³-hybridized carbons (Fsp3) is 0.435. The number of nitrogens with zero attached hydrogens (tertiary/aromatic N) is 4. The summed E-state index contributed by atoms with van der Waals surface area (Å²) in [5, 5.41) is 20.8. The largest absolute Gasteiger partial charge is 0.390 e. The SMILES string of the molecule is COC1CN(c2cnc3c(C)nnc(N[C@H](C)c4cccc(C(F)(F)CO)c4F)c3c2)CC1F. The maximum Gasteiger partial charge on any atom is 0.298 e. The van der Waals surface area contributed by atoms with Crippen LogP contribution >= 0.6 is 0 Å². The third kappa shape index (κ3) is 4.37. The van der Waals surface area contributed by atoms with Gasteiger partial charge in [0.1, 0.15) is 24.7 Å². The number of hydrogen-bond donors (Lipinski definition) is 2. The molecular formula is C23H25F4N5O2. The predicted octanol–water partition coefficient (Wildman–Crippen LogP) is 3.90. The monoisotopic (exact) mass is 479 g/mol. The Morgan fingerprint density at radius 2 is 2.06 bits per heavy atom. The second kappa shape index (κ2) is 9.30. The van der Waals surface area contributed by atoms with Gasteiger partial charge in [0, 0.05) is 24.6 Å². The van der Waals surface area contributed by atoms with Crippen LogP contribution in [0.25, 0.3) is 10.9 Å². The van der Waals surface area contributed by atoms with Crippen LogP contribution < -0.4 is 10.2 Å². The molecule has 1 aliphatic heterocycles. The smallest absolute Gasteiger partial charge is 0.298 e. The molecule has 3 atom stereocenters. The van der Waals surface area contributed by atoms with Gasteiger partial charge in [-0.2, -0.15) is 13.9 Å². The van der Waals surface area contributed by atoms with Crippen LogP contribution in [0, 0.1) is 12.7 Å². The van der Waals surface area contributed by atoms with Gasteiger partial charge in [-0.25, -0.2) is 8.78 Å². The third-order valence-corrected chi connectivity index (χ3v) is 6.08. The molecule has 34 heavy (non-hydrogen) atoms. The molecule has 0 bridgehead atoms. The van der Waals surface area contributed by atoms with Crippen LogP contribution in [0.5, 0.6) is 0 Å². The number of aliphatic hydroxyl groups is 1. The number of aryl methyl sites for hydroxylation is 1. The second-order valence-corrected chi connectivity index (χ2v) is 8.36. The minimum Gasteiger partial charge on any atom is -0.390 e. The van der Waals surface area contributed by atoms with Crippen LogP contribution in [0.1, 0.15) is 29.8 Å². The van der Waals surface area contributed by atoms with E-state index < -0.39 is 42.2 Å². The Morgan fingerprint density at radius 3 is 2.74 bits per heavy atom. The first-order valence-corrected chi connectivity index (χ1v) is 10.7. The summed E-state index contributed by atoms with van der Waals surface area (Å²) in [6.45, 7) is 2.35. The van der Waals surface area contributed by atoms with Gasteiger partial charge < -0.3 is 20.1 Å². The van der Waals surface area contributed by atoms with E-state index in [1.165, 1.54) is 19.2 Å². The number of rotatable bonds is 7. The van der Waals surface area contributed by atoms with E-state index in [1.54, 1.807) is 26.1 Å². The number of aromatic nitrogens is 3. The predicted molar refractivity (Wildman–Crippen MR) is 119 cm³/mol. The summed E-state index contributed by atoms with van der Waals surface area (Å²) in [7, 11) is 1.46. The number of alkyl halides is 3. The number of anilines is 2. The lowest BCUT2D eigenvalue weighted by Gasteiger charge is -2.21. The number of hydrogen-bond acceptors (Lipinski definition) is 7.